The van der Waals surface area contributed by atoms with Gasteiger partial charge < -0.3 is 15.7 Å². The molecule has 0 aromatic heterocycles. The fourth-order valence-electron chi connectivity index (χ4n) is 1.85. The molecule has 0 saturated heterocycles. The van der Waals surface area contributed by atoms with Crippen LogP contribution in [0.4, 0.5) is 5.69 Å². The van der Waals surface area contributed by atoms with Gasteiger partial charge in [0.05, 0.1) is 0 Å². The Balaban J connectivity index is 2.63. The zero-order chi connectivity index (χ0) is 14.4. The quantitative estimate of drug-likeness (QED) is 0.763. The fraction of sp³-hybridized carbons (Fsp3) is 0.429. The number of anilines is 1. The zero-order valence-electron chi connectivity index (χ0n) is 11.3. The standard InChI is InChI=1S/C14H20N2O3/c1-10(2)16(9-14(18)19)13(17)8-7-11-5-3-4-6-12(11)15/h3-6,10H,7-9,15H2,1-2H3,(H,18,19). The number of amides is 1. The fourth-order valence-corrected chi connectivity index (χ4v) is 1.85. The summed E-state index contributed by atoms with van der Waals surface area (Å²) in [4.78, 5) is 24.1. The molecule has 1 aromatic carbocycles. The SMILES string of the molecule is CC(C)N(CC(=O)O)C(=O)CCc1ccccc1N. The van der Waals surface area contributed by atoms with Gasteiger partial charge in [-0.25, -0.2) is 0 Å². The molecular formula is C14H20N2O3. The van der Waals surface area contributed by atoms with E-state index in [0.717, 1.165) is 5.56 Å². The van der Waals surface area contributed by atoms with Gasteiger partial charge in [-0.3, -0.25) is 9.59 Å². The maximum Gasteiger partial charge on any atom is 0.323 e. The summed E-state index contributed by atoms with van der Waals surface area (Å²) in [5.41, 5.74) is 7.37. The normalized spacial score (nSPS) is 10.5. The minimum absolute atomic E-state index is 0.128. The molecule has 19 heavy (non-hydrogen) atoms. The van der Waals surface area contributed by atoms with Gasteiger partial charge in [0.2, 0.25) is 5.91 Å². The molecule has 1 aromatic rings. The summed E-state index contributed by atoms with van der Waals surface area (Å²) in [6, 6.07) is 7.24. The second-order valence-electron chi connectivity index (χ2n) is 4.71. The van der Waals surface area contributed by atoms with Crippen LogP contribution in [0, 0.1) is 0 Å². The minimum Gasteiger partial charge on any atom is -0.480 e. The number of carboxylic acid groups (broad SMARTS) is 1. The Morgan fingerprint density at radius 3 is 2.47 bits per heavy atom. The van der Waals surface area contributed by atoms with Crippen molar-refractivity contribution in [2.75, 3.05) is 12.3 Å². The van der Waals surface area contributed by atoms with Crippen molar-refractivity contribution in [3.05, 3.63) is 29.8 Å². The van der Waals surface area contributed by atoms with Crippen LogP contribution in [0.2, 0.25) is 0 Å². The molecule has 0 aliphatic carbocycles. The summed E-state index contributed by atoms with van der Waals surface area (Å²) in [6.07, 6.45) is 0.786. The highest BCUT2D eigenvalue weighted by Crippen LogP contribution is 2.14. The molecule has 3 N–H and O–H groups in total. The van der Waals surface area contributed by atoms with Gasteiger partial charge in [0.1, 0.15) is 6.54 Å². The van der Waals surface area contributed by atoms with Crippen LogP contribution in [-0.2, 0) is 16.0 Å². The van der Waals surface area contributed by atoms with E-state index in [2.05, 4.69) is 0 Å². The van der Waals surface area contributed by atoms with E-state index >= 15 is 0 Å². The number of rotatable bonds is 6. The van der Waals surface area contributed by atoms with E-state index in [1.54, 1.807) is 19.9 Å². The first-order chi connectivity index (χ1) is 8.91. The number of benzene rings is 1. The van der Waals surface area contributed by atoms with Gasteiger partial charge in [-0.15, -0.1) is 0 Å². The number of aliphatic carboxylic acids is 1. The topological polar surface area (TPSA) is 83.6 Å². The van der Waals surface area contributed by atoms with E-state index < -0.39 is 5.97 Å². The summed E-state index contributed by atoms with van der Waals surface area (Å²) < 4.78 is 0. The molecule has 1 amide bonds. The van der Waals surface area contributed by atoms with Gasteiger partial charge >= 0.3 is 5.97 Å². The van der Waals surface area contributed by atoms with Crippen molar-refractivity contribution < 1.29 is 14.7 Å². The van der Waals surface area contributed by atoms with E-state index in [4.69, 9.17) is 10.8 Å². The Hall–Kier alpha value is -2.04. The number of carbonyl (C=O) groups is 2. The number of nitrogen functional groups attached to an aromatic ring is 1. The third kappa shape index (κ3) is 4.62. The molecule has 0 bridgehead atoms. The van der Waals surface area contributed by atoms with Crippen LogP contribution < -0.4 is 5.73 Å². The first-order valence-corrected chi connectivity index (χ1v) is 6.26. The van der Waals surface area contributed by atoms with E-state index in [9.17, 15) is 9.59 Å². The lowest BCUT2D eigenvalue weighted by Crippen LogP contribution is -2.40. The molecular weight excluding hydrogens is 244 g/mol. The summed E-state index contributed by atoms with van der Waals surface area (Å²) in [5, 5.41) is 8.80. The average molecular weight is 264 g/mol. The van der Waals surface area contributed by atoms with Gasteiger partial charge in [0, 0.05) is 18.2 Å². The molecule has 0 fully saturated rings. The van der Waals surface area contributed by atoms with Crippen LogP contribution in [0.5, 0.6) is 0 Å². The maximum atomic E-state index is 12.0. The second-order valence-corrected chi connectivity index (χ2v) is 4.71. The van der Waals surface area contributed by atoms with Crippen LogP contribution in [-0.4, -0.2) is 34.5 Å². The van der Waals surface area contributed by atoms with Gasteiger partial charge in [-0.1, -0.05) is 18.2 Å². The van der Waals surface area contributed by atoms with E-state index in [1.807, 2.05) is 18.2 Å². The lowest BCUT2D eigenvalue weighted by atomic mass is 10.1. The summed E-state index contributed by atoms with van der Waals surface area (Å²) in [5.74, 6) is -1.16. The van der Waals surface area contributed by atoms with Crippen LogP contribution in [0.1, 0.15) is 25.8 Å². The van der Waals surface area contributed by atoms with Gasteiger partial charge in [-0.2, -0.15) is 0 Å². The molecule has 0 radical (unpaired) electrons. The van der Waals surface area contributed by atoms with E-state index in [-0.39, 0.29) is 24.9 Å². The van der Waals surface area contributed by atoms with Crippen molar-refractivity contribution in [3.8, 4) is 0 Å². The largest absolute Gasteiger partial charge is 0.480 e. The molecule has 0 aliphatic heterocycles. The minimum atomic E-state index is -0.999. The van der Waals surface area contributed by atoms with Gasteiger partial charge in [0.25, 0.3) is 0 Å². The molecule has 5 nitrogen and oxygen atoms in total. The van der Waals surface area contributed by atoms with E-state index in [0.29, 0.717) is 12.1 Å². The van der Waals surface area contributed by atoms with E-state index in [1.165, 1.54) is 4.90 Å². The number of para-hydroxylation sites is 1. The second kappa shape index (κ2) is 6.78. The number of aryl methyl sites for hydroxylation is 1. The Kier molecular flexibility index (Phi) is 5.36. The predicted molar refractivity (Wildman–Crippen MR) is 73.7 cm³/mol. The predicted octanol–water partition coefficient (Wildman–Crippen LogP) is 1.52. The summed E-state index contributed by atoms with van der Waals surface area (Å²) >= 11 is 0. The van der Waals surface area contributed by atoms with Crippen molar-refractivity contribution in [1.29, 1.82) is 0 Å². The van der Waals surface area contributed by atoms with Crippen LogP contribution in [0.25, 0.3) is 0 Å². The van der Waals surface area contributed by atoms with Crippen molar-refractivity contribution >= 4 is 17.6 Å². The smallest absolute Gasteiger partial charge is 0.323 e. The number of nitrogens with two attached hydrogens (primary N) is 1. The van der Waals surface area contributed by atoms with Crippen molar-refractivity contribution in [2.24, 2.45) is 0 Å². The number of hydrogen-bond acceptors (Lipinski definition) is 3. The van der Waals surface area contributed by atoms with Crippen molar-refractivity contribution in [2.45, 2.75) is 32.7 Å². The highest BCUT2D eigenvalue weighted by molar-refractivity contribution is 5.81. The molecule has 0 unspecified atom stereocenters. The average Bonchev–Trinajstić information content (AvgIpc) is 2.34. The van der Waals surface area contributed by atoms with Gasteiger partial charge in [-0.05, 0) is 31.9 Å². The molecule has 104 valence electrons. The van der Waals surface area contributed by atoms with Crippen LogP contribution in [0.3, 0.4) is 0 Å². The third-order valence-electron chi connectivity index (χ3n) is 2.91. The Bertz CT molecular complexity index is 458. The Morgan fingerprint density at radius 1 is 1.32 bits per heavy atom. The molecule has 5 heteroatoms. The van der Waals surface area contributed by atoms with Crippen LogP contribution in [0.15, 0.2) is 24.3 Å². The third-order valence-corrected chi connectivity index (χ3v) is 2.91. The number of hydrogen-bond donors (Lipinski definition) is 2. The number of nitrogens with zero attached hydrogens (tertiary/aromatic N) is 1. The molecule has 1 rings (SSSR count). The highest BCUT2D eigenvalue weighted by Gasteiger charge is 2.19. The van der Waals surface area contributed by atoms with Crippen molar-refractivity contribution in [1.82, 2.24) is 4.90 Å². The molecule has 0 saturated carbocycles. The molecule has 0 heterocycles. The summed E-state index contributed by atoms with van der Waals surface area (Å²) in [6.45, 7) is 3.34. The van der Waals surface area contributed by atoms with Gasteiger partial charge in [0.15, 0.2) is 0 Å². The monoisotopic (exact) mass is 264 g/mol. The Morgan fingerprint density at radius 2 is 1.95 bits per heavy atom. The highest BCUT2D eigenvalue weighted by atomic mass is 16.4. The first-order valence-electron chi connectivity index (χ1n) is 6.26. The lowest BCUT2D eigenvalue weighted by Gasteiger charge is -2.25. The first kappa shape index (κ1) is 15.0. The maximum absolute atomic E-state index is 12.0. The molecule has 0 atom stereocenters. The van der Waals surface area contributed by atoms with Crippen LogP contribution >= 0.6 is 0 Å². The van der Waals surface area contributed by atoms with Crippen molar-refractivity contribution in [3.63, 3.8) is 0 Å². The summed E-state index contributed by atoms with van der Waals surface area (Å²) in [7, 11) is 0. The zero-order valence-corrected chi connectivity index (χ0v) is 11.3. The lowest BCUT2D eigenvalue weighted by molar-refractivity contribution is -0.145. The number of carbonyl (C=O) groups excluding carboxylic acids is 1. The molecule has 0 spiro atoms. The number of carboxylic acids is 1. The Labute approximate surface area is 113 Å². The molecule has 0 aliphatic rings.